The maximum absolute atomic E-state index is 14.4. The number of aliphatic hydroxyl groups excluding tert-OH is 1. The molecule has 0 bridgehead atoms. The van der Waals surface area contributed by atoms with E-state index in [1.54, 1.807) is 24.4 Å². The number of aryl methyl sites for hydroxylation is 1. The van der Waals surface area contributed by atoms with Crippen molar-refractivity contribution in [3.63, 3.8) is 0 Å². The molecule has 3 aromatic heterocycles. The Labute approximate surface area is 257 Å². The molecule has 0 amide bonds. The van der Waals surface area contributed by atoms with E-state index >= 15 is 0 Å². The van der Waals surface area contributed by atoms with Gasteiger partial charge in [0.05, 0.1) is 22.0 Å². The highest BCUT2D eigenvalue weighted by Crippen LogP contribution is 2.38. The summed E-state index contributed by atoms with van der Waals surface area (Å²) in [4.78, 5) is 27.1. The van der Waals surface area contributed by atoms with Crippen LogP contribution >= 0.6 is 11.3 Å². The quantitative estimate of drug-likeness (QED) is 0.196. The molecule has 6 rings (SSSR count). The number of fused-ring (bicyclic) bond motifs is 1. The number of thiazole rings is 1. The molecule has 4 aromatic rings. The van der Waals surface area contributed by atoms with Crippen LogP contribution in [0.4, 0.5) is 20.2 Å². The SMILES string of the molecule is CS(=O)(=O)c1cc(-c2ncc(CCCO)s2)ccc1Nc1cc(CC(=O)C2CC2)nc2c1nc(C(F)F)n2C1CCCCO1. The Morgan fingerprint density at radius 1 is 1.18 bits per heavy atom. The van der Waals surface area contributed by atoms with Crippen LogP contribution in [0.1, 0.15) is 67.6 Å². The lowest BCUT2D eigenvalue weighted by Gasteiger charge is -2.25. The Bertz CT molecular complexity index is 1800. The number of imidazole rings is 1. The lowest BCUT2D eigenvalue weighted by molar-refractivity contribution is -0.119. The molecule has 14 heteroatoms. The molecule has 4 heterocycles. The summed E-state index contributed by atoms with van der Waals surface area (Å²) in [6.07, 6.45) is 4.28. The van der Waals surface area contributed by atoms with Gasteiger partial charge in [0.2, 0.25) is 0 Å². The van der Waals surface area contributed by atoms with Gasteiger partial charge in [-0.2, -0.15) is 0 Å². The summed E-state index contributed by atoms with van der Waals surface area (Å²) in [6, 6.07) is 6.46. The molecule has 44 heavy (non-hydrogen) atoms. The van der Waals surface area contributed by atoms with Crippen molar-refractivity contribution >= 4 is 49.5 Å². The van der Waals surface area contributed by atoms with E-state index in [9.17, 15) is 22.0 Å². The van der Waals surface area contributed by atoms with Crippen LogP contribution in [0.15, 0.2) is 35.4 Å². The number of anilines is 2. The van der Waals surface area contributed by atoms with Crippen LogP contribution in [0.25, 0.3) is 21.7 Å². The Kier molecular flexibility index (Phi) is 8.77. The van der Waals surface area contributed by atoms with Gasteiger partial charge < -0.3 is 15.2 Å². The second-order valence-electron chi connectivity index (χ2n) is 11.3. The minimum absolute atomic E-state index is 0.00759. The number of aromatic nitrogens is 4. The van der Waals surface area contributed by atoms with Crippen LogP contribution in [0, 0.1) is 5.92 Å². The van der Waals surface area contributed by atoms with E-state index < -0.39 is 28.3 Å². The molecule has 1 aliphatic heterocycles. The molecule has 1 aromatic carbocycles. The summed E-state index contributed by atoms with van der Waals surface area (Å²) in [6.45, 7) is 0.485. The van der Waals surface area contributed by atoms with Gasteiger partial charge in [-0.15, -0.1) is 11.3 Å². The number of sulfone groups is 1. The van der Waals surface area contributed by atoms with Crippen molar-refractivity contribution in [3.8, 4) is 10.6 Å². The number of rotatable bonds is 12. The van der Waals surface area contributed by atoms with E-state index in [0.29, 0.717) is 42.1 Å². The van der Waals surface area contributed by atoms with Gasteiger partial charge in [0.25, 0.3) is 6.43 Å². The minimum Gasteiger partial charge on any atom is -0.396 e. The highest BCUT2D eigenvalue weighted by atomic mass is 32.2. The molecular formula is C30H33F2N5O5S2. The molecule has 1 atom stereocenters. The maximum Gasteiger partial charge on any atom is 0.295 e. The fraction of sp³-hybridized carbons (Fsp3) is 0.467. The fourth-order valence-corrected chi connectivity index (χ4v) is 7.24. The number of alkyl halides is 2. The van der Waals surface area contributed by atoms with Gasteiger partial charge in [-0.3, -0.25) is 9.36 Å². The maximum atomic E-state index is 14.4. The number of nitrogens with zero attached hydrogens (tertiary/aromatic N) is 4. The molecular weight excluding hydrogens is 612 g/mol. The van der Waals surface area contributed by atoms with Crippen LogP contribution in [0.2, 0.25) is 0 Å². The molecule has 0 radical (unpaired) electrons. The van der Waals surface area contributed by atoms with Crippen molar-refractivity contribution in [1.82, 2.24) is 19.5 Å². The smallest absolute Gasteiger partial charge is 0.295 e. The lowest BCUT2D eigenvalue weighted by atomic mass is 10.1. The predicted octanol–water partition coefficient (Wildman–Crippen LogP) is 5.79. The highest BCUT2D eigenvalue weighted by molar-refractivity contribution is 7.90. The molecule has 234 valence electrons. The van der Waals surface area contributed by atoms with Crippen LogP contribution in [-0.2, 0) is 32.2 Å². The number of ether oxygens (including phenoxy) is 1. The zero-order valence-corrected chi connectivity index (χ0v) is 25.8. The summed E-state index contributed by atoms with van der Waals surface area (Å²) in [5.41, 5.74) is 1.77. The van der Waals surface area contributed by atoms with Gasteiger partial charge in [-0.1, -0.05) is 0 Å². The number of aliphatic hydroxyl groups is 1. The number of ketones is 1. The zero-order valence-electron chi connectivity index (χ0n) is 24.1. The van der Waals surface area contributed by atoms with Crippen molar-refractivity contribution < 1.29 is 31.8 Å². The largest absolute Gasteiger partial charge is 0.396 e. The predicted molar refractivity (Wildman–Crippen MR) is 162 cm³/mol. The number of hydrogen-bond acceptors (Lipinski definition) is 10. The van der Waals surface area contributed by atoms with E-state index in [4.69, 9.17) is 9.84 Å². The van der Waals surface area contributed by atoms with Crippen molar-refractivity contribution in [2.45, 2.75) is 68.9 Å². The first kappa shape index (κ1) is 30.7. The number of carbonyl (C=O) groups excluding carboxylic acids is 1. The van der Waals surface area contributed by atoms with E-state index in [-0.39, 0.29) is 52.2 Å². The average Bonchev–Trinajstić information content (AvgIpc) is 3.62. The zero-order chi connectivity index (χ0) is 31.0. The first-order valence-corrected chi connectivity index (χ1v) is 17.3. The van der Waals surface area contributed by atoms with Gasteiger partial charge in [0.15, 0.2) is 21.3 Å². The number of hydrogen-bond donors (Lipinski definition) is 2. The number of halogens is 2. The molecule has 1 unspecified atom stereocenters. The second kappa shape index (κ2) is 12.6. The summed E-state index contributed by atoms with van der Waals surface area (Å²) < 4.78 is 61.9. The van der Waals surface area contributed by atoms with Crippen molar-refractivity contribution in [3.05, 3.63) is 46.9 Å². The molecule has 2 aliphatic rings. The Balaban J connectivity index is 1.45. The molecule has 1 aliphatic carbocycles. The van der Waals surface area contributed by atoms with Crippen molar-refractivity contribution in [1.29, 1.82) is 0 Å². The number of Topliss-reactive ketones (excluding diaryl/α,β-unsaturated/α-hetero) is 1. The van der Waals surface area contributed by atoms with Gasteiger partial charge in [-0.25, -0.2) is 32.2 Å². The van der Waals surface area contributed by atoms with Crippen LogP contribution < -0.4 is 5.32 Å². The number of pyridine rings is 1. The molecule has 1 saturated carbocycles. The number of nitrogens with one attached hydrogen (secondary N) is 1. The summed E-state index contributed by atoms with van der Waals surface area (Å²) >= 11 is 1.42. The third-order valence-electron chi connectivity index (χ3n) is 7.79. The average molecular weight is 646 g/mol. The molecule has 0 spiro atoms. The summed E-state index contributed by atoms with van der Waals surface area (Å²) in [7, 11) is -3.76. The topological polar surface area (TPSA) is 136 Å². The van der Waals surface area contributed by atoms with Gasteiger partial charge >= 0.3 is 0 Å². The minimum atomic E-state index is -3.76. The molecule has 10 nitrogen and oxygen atoms in total. The fourth-order valence-electron chi connectivity index (χ4n) is 5.43. The Hall–Kier alpha value is -3.33. The second-order valence-corrected chi connectivity index (χ2v) is 14.4. The van der Waals surface area contributed by atoms with E-state index in [1.165, 1.54) is 22.0 Å². The molecule has 2 fully saturated rings. The molecule has 1 saturated heterocycles. The Morgan fingerprint density at radius 3 is 2.68 bits per heavy atom. The van der Waals surface area contributed by atoms with Crippen molar-refractivity contribution in [2.75, 3.05) is 24.8 Å². The van der Waals surface area contributed by atoms with Crippen LogP contribution in [0.5, 0.6) is 0 Å². The third-order valence-corrected chi connectivity index (χ3v) is 10.0. The monoisotopic (exact) mass is 645 g/mol. The lowest BCUT2D eigenvalue weighted by Crippen LogP contribution is -2.21. The van der Waals surface area contributed by atoms with E-state index in [1.807, 2.05) is 0 Å². The normalized spacial score (nSPS) is 17.4. The standard InChI is InChI=1S/C30H33F2N5O5S2/c1-44(40,41)24-13-18(30-33-16-20(43-30)5-4-11-38)9-10-21(24)35-22-14-19(15-23(39)17-7-8-17)34-28-26(22)36-29(27(31)32)37(28)25-6-2-3-12-42-25/h9-10,13-14,16-17,25,27,38H,2-8,11-12,15H2,1H3,(H,34,35). The Morgan fingerprint density at radius 2 is 2.00 bits per heavy atom. The highest BCUT2D eigenvalue weighted by Gasteiger charge is 2.32. The number of carbonyl (C=O) groups is 1. The summed E-state index contributed by atoms with van der Waals surface area (Å²) in [5, 5.41) is 12.9. The van der Waals surface area contributed by atoms with Gasteiger partial charge in [0, 0.05) is 48.4 Å². The van der Waals surface area contributed by atoms with Crippen LogP contribution in [0.3, 0.4) is 0 Å². The van der Waals surface area contributed by atoms with E-state index in [2.05, 4.69) is 20.3 Å². The third kappa shape index (κ3) is 6.53. The molecule has 2 N–H and O–H groups in total. The van der Waals surface area contributed by atoms with Gasteiger partial charge in [0.1, 0.15) is 22.5 Å². The number of benzene rings is 1. The van der Waals surface area contributed by atoms with Gasteiger partial charge in [-0.05, 0) is 69.2 Å². The van der Waals surface area contributed by atoms with E-state index in [0.717, 1.165) is 36.8 Å². The summed E-state index contributed by atoms with van der Waals surface area (Å²) in [5.74, 6) is -0.487. The van der Waals surface area contributed by atoms with Crippen molar-refractivity contribution in [2.24, 2.45) is 5.92 Å². The van der Waals surface area contributed by atoms with Crippen LogP contribution in [-0.4, -0.2) is 58.3 Å². The first-order chi connectivity index (χ1) is 21.1. The first-order valence-electron chi connectivity index (χ1n) is 14.6.